The minimum absolute atomic E-state index is 0.0210. The second-order valence-electron chi connectivity index (χ2n) is 8.05. The van der Waals surface area contributed by atoms with Gasteiger partial charge >= 0.3 is 0 Å². The number of rotatable bonds is 5. The molecule has 0 aliphatic carbocycles. The zero-order valence-electron chi connectivity index (χ0n) is 17.7. The lowest BCUT2D eigenvalue weighted by Gasteiger charge is -2.29. The lowest BCUT2D eigenvalue weighted by Crippen LogP contribution is -2.41. The van der Waals surface area contributed by atoms with E-state index in [1.165, 1.54) is 11.0 Å². The number of hydrogen-bond acceptors (Lipinski definition) is 6. The topological polar surface area (TPSA) is 85.2 Å². The average molecular weight is 425 g/mol. The SMILES string of the molecule is CN(C[C@@H]1COc2ccccc2O1)C(=O)c1ccc(N2CCCCCC2)c([N+](=O)[O-])c1. The molecule has 4 rings (SSSR count). The van der Waals surface area contributed by atoms with E-state index in [9.17, 15) is 14.9 Å². The molecule has 8 nitrogen and oxygen atoms in total. The van der Waals surface area contributed by atoms with Gasteiger partial charge in [-0.05, 0) is 37.1 Å². The Bertz CT molecular complexity index is 956. The number of carbonyl (C=O) groups is 1. The maximum absolute atomic E-state index is 13.0. The fourth-order valence-electron chi connectivity index (χ4n) is 4.14. The van der Waals surface area contributed by atoms with E-state index in [-0.39, 0.29) is 17.7 Å². The smallest absolute Gasteiger partial charge is 0.293 e. The third-order valence-corrected chi connectivity index (χ3v) is 5.76. The van der Waals surface area contributed by atoms with Crippen LogP contribution < -0.4 is 14.4 Å². The zero-order chi connectivity index (χ0) is 21.8. The summed E-state index contributed by atoms with van der Waals surface area (Å²) in [4.78, 5) is 27.9. The standard InChI is InChI=1S/C23H27N3O5/c1-24(15-18-16-30-21-8-4-5-9-22(21)31-18)23(27)17-10-11-19(20(14-17)26(28)29)25-12-6-2-3-7-13-25/h4-5,8-11,14,18H,2-3,6-7,12-13,15-16H2,1H3/t18-/m1/s1. The number of ether oxygens (including phenoxy) is 2. The van der Waals surface area contributed by atoms with E-state index in [4.69, 9.17) is 9.47 Å². The van der Waals surface area contributed by atoms with Crippen molar-refractivity contribution in [2.75, 3.05) is 38.2 Å². The van der Waals surface area contributed by atoms with Crippen LogP contribution in [-0.2, 0) is 0 Å². The number of likely N-dealkylation sites (N-methyl/N-ethyl adjacent to an activating group) is 1. The summed E-state index contributed by atoms with van der Waals surface area (Å²) in [5, 5.41) is 11.7. The molecular formula is C23H27N3O5. The van der Waals surface area contributed by atoms with Crippen LogP contribution in [0.2, 0.25) is 0 Å². The van der Waals surface area contributed by atoms with E-state index < -0.39 is 4.92 Å². The summed E-state index contributed by atoms with van der Waals surface area (Å²) in [7, 11) is 1.67. The molecule has 8 heteroatoms. The van der Waals surface area contributed by atoms with E-state index in [1.807, 2.05) is 24.3 Å². The molecule has 0 N–H and O–H groups in total. The van der Waals surface area contributed by atoms with Crippen LogP contribution >= 0.6 is 0 Å². The Labute approximate surface area is 181 Å². The Balaban J connectivity index is 1.47. The van der Waals surface area contributed by atoms with Gasteiger partial charge in [0.25, 0.3) is 11.6 Å². The van der Waals surface area contributed by atoms with Crippen molar-refractivity contribution >= 4 is 17.3 Å². The number of nitrogens with zero attached hydrogens (tertiary/aromatic N) is 3. The maximum atomic E-state index is 13.0. The van der Waals surface area contributed by atoms with Gasteiger partial charge < -0.3 is 19.3 Å². The number of anilines is 1. The van der Waals surface area contributed by atoms with Gasteiger partial charge in [0, 0.05) is 31.8 Å². The third-order valence-electron chi connectivity index (χ3n) is 5.76. The van der Waals surface area contributed by atoms with Crippen molar-refractivity contribution in [2.24, 2.45) is 0 Å². The Hall–Kier alpha value is -3.29. The third kappa shape index (κ3) is 4.73. The Morgan fingerprint density at radius 2 is 1.84 bits per heavy atom. The molecule has 0 spiro atoms. The van der Waals surface area contributed by atoms with Gasteiger partial charge in [0.2, 0.25) is 0 Å². The van der Waals surface area contributed by atoms with Gasteiger partial charge in [0.15, 0.2) is 17.6 Å². The van der Waals surface area contributed by atoms with Gasteiger partial charge in [-0.1, -0.05) is 25.0 Å². The Kier molecular flexibility index (Phi) is 6.25. The molecule has 1 saturated heterocycles. The van der Waals surface area contributed by atoms with Crippen LogP contribution in [0.15, 0.2) is 42.5 Å². The van der Waals surface area contributed by atoms with Crippen molar-refractivity contribution in [3.8, 4) is 11.5 Å². The molecule has 1 amide bonds. The number of hydrogen-bond donors (Lipinski definition) is 0. The van der Waals surface area contributed by atoms with Crippen LogP contribution in [0.5, 0.6) is 11.5 Å². The highest BCUT2D eigenvalue weighted by Gasteiger charge is 2.27. The highest BCUT2D eigenvalue weighted by Crippen LogP contribution is 2.32. The first-order chi connectivity index (χ1) is 15.0. The fourth-order valence-corrected chi connectivity index (χ4v) is 4.14. The molecule has 2 aromatic carbocycles. The molecule has 2 aromatic rings. The number of nitro groups is 1. The predicted octanol–water partition coefficient (Wildman–Crippen LogP) is 3.89. The van der Waals surface area contributed by atoms with Crippen molar-refractivity contribution < 1.29 is 19.2 Å². The molecule has 2 aliphatic rings. The van der Waals surface area contributed by atoms with Crippen LogP contribution in [0.1, 0.15) is 36.0 Å². The lowest BCUT2D eigenvalue weighted by molar-refractivity contribution is -0.384. The molecule has 0 aromatic heterocycles. The molecule has 2 heterocycles. The monoisotopic (exact) mass is 425 g/mol. The van der Waals surface area contributed by atoms with E-state index >= 15 is 0 Å². The summed E-state index contributed by atoms with van der Waals surface area (Å²) in [5.41, 5.74) is 0.865. The van der Waals surface area contributed by atoms with E-state index in [2.05, 4.69) is 4.90 Å². The molecule has 0 unspecified atom stereocenters. The molecule has 1 fully saturated rings. The molecule has 0 bridgehead atoms. The first-order valence-corrected chi connectivity index (χ1v) is 10.7. The Morgan fingerprint density at radius 1 is 1.13 bits per heavy atom. The fraction of sp³-hybridized carbons (Fsp3) is 0.435. The quantitative estimate of drug-likeness (QED) is 0.534. The minimum Gasteiger partial charge on any atom is -0.486 e. The van der Waals surface area contributed by atoms with Crippen molar-refractivity contribution in [2.45, 2.75) is 31.8 Å². The number of amides is 1. The van der Waals surface area contributed by atoms with Crippen molar-refractivity contribution in [3.05, 3.63) is 58.1 Å². The van der Waals surface area contributed by atoms with Crippen molar-refractivity contribution in [1.29, 1.82) is 0 Å². The number of benzene rings is 2. The molecule has 2 aliphatic heterocycles. The van der Waals surface area contributed by atoms with Crippen molar-refractivity contribution in [3.63, 3.8) is 0 Å². The van der Waals surface area contributed by atoms with Gasteiger partial charge in [-0.2, -0.15) is 0 Å². The predicted molar refractivity (Wildman–Crippen MR) is 117 cm³/mol. The van der Waals surface area contributed by atoms with Gasteiger partial charge in [-0.15, -0.1) is 0 Å². The normalized spacial score (nSPS) is 18.2. The number of para-hydroxylation sites is 2. The molecule has 0 saturated carbocycles. The van der Waals surface area contributed by atoms with E-state index in [0.717, 1.165) is 38.8 Å². The largest absolute Gasteiger partial charge is 0.486 e. The lowest BCUT2D eigenvalue weighted by atomic mass is 10.1. The second-order valence-corrected chi connectivity index (χ2v) is 8.05. The van der Waals surface area contributed by atoms with Crippen LogP contribution in [0.25, 0.3) is 0 Å². The minimum atomic E-state index is -0.397. The second kappa shape index (κ2) is 9.24. The first-order valence-electron chi connectivity index (χ1n) is 10.7. The average Bonchev–Trinajstić information content (AvgIpc) is 3.07. The summed E-state index contributed by atoms with van der Waals surface area (Å²) in [6.45, 7) is 2.25. The van der Waals surface area contributed by atoms with E-state index in [1.54, 1.807) is 19.2 Å². The van der Waals surface area contributed by atoms with Gasteiger partial charge in [-0.25, -0.2) is 0 Å². The van der Waals surface area contributed by atoms with E-state index in [0.29, 0.717) is 35.9 Å². The summed E-state index contributed by atoms with van der Waals surface area (Å²) >= 11 is 0. The summed E-state index contributed by atoms with van der Waals surface area (Å²) in [6, 6.07) is 12.2. The highest BCUT2D eigenvalue weighted by molar-refractivity contribution is 5.95. The molecular weight excluding hydrogens is 398 g/mol. The molecule has 0 radical (unpaired) electrons. The molecule has 164 valence electrons. The summed E-state index contributed by atoms with van der Waals surface area (Å²) in [6.07, 6.45) is 4.02. The van der Waals surface area contributed by atoms with Gasteiger partial charge in [-0.3, -0.25) is 14.9 Å². The zero-order valence-corrected chi connectivity index (χ0v) is 17.7. The van der Waals surface area contributed by atoms with Crippen LogP contribution in [0.4, 0.5) is 11.4 Å². The van der Waals surface area contributed by atoms with Gasteiger partial charge in [0.05, 0.1) is 11.5 Å². The summed E-state index contributed by atoms with van der Waals surface area (Å²) in [5.74, 6) is 1.05. The van der Waals surface area contributed by atoms with Crippen LogP contribution in [0, 0.1) is 10.1 Å². The first kappa shape index (κ1) is 21.0. The van der Waals surface area contributed by atoms with Crippen molar-refractivity contribution in [1.82, 2.24) is 4.90 Å². The molecule has 1 atom stereocenters. The Morgan fingerprint density at radius 3 is 2.55 bits per heavy atom. The molecule has 31 heavy (non-hydrogen) atoms. The van der Waals surface area contributed by atoms with Gasteiger partial charge in [0.1, 0.15) is 12.3 Å². The summed E-state index contributed by atoms with van der Waals surface area (Å²) < 4.78 is 11.6. The maximum Gasteiger partial charge on any atom is 0.293 e. The highest BCUT2D eigenvalue weighted by atomic mass is 16.6. The van der Waals surface area contributed by atoms with Crippen LogP contribution in [0.3, 0.4) is 0 Å². The number of fused-ring (bicyclic) bond motifs is 1. The number of carbonyl (C=O) groups excluding carboxylic acids is 1. The number of nitro benzene ring substituents is 1. The van der Waals surface area contributed by atoms with Crippen LogP contribution in [-0.4, -0.2) is 55.1 Å².